The molecule has 0 saturated carbocycles. The first-order valence-corrected chi connectivity index (χ1v) is 5.22. The molecule has 1 aromatic rings. The van der Waals surface area contributed by atoms with E-state index in [1.54, 1.807) is 7.11 Å². The maximum atomic E-state index is 6.18. The van der Waals surface area contributed by atoms with E-state index >= 15 is 0 Å². The smallest absolute Gasteiger partial charge is 0.137 e. The molecule has 2 rings (SSSR count). The second kappa shape index (κ2) is 4.84. The van der Waals surface area contributed by atoms with Gasteiger partial charge in [-0.2, -0.15) is 0 Å². The van der Waals surface area contributed by atoms with Crippen molar-refractivity contribution in [1.29, 1.82) is 0 Å². The topological polar surface area (TPSA) is 27.7 Å². The van der Waals surface area contributed by atoms with Crippen molar-refractivity contribution in [3.63, 3.8) is 0 Å². The molecule has 1 atom stereocenters. The minimum atomic E-state index is -0.0821. The Morgan fingerprint density at radius 1 is 1.40 bits per heavy atom. The fraction of sp³-hybridized carbons (Fsp3) is 0.455. The van der Waals surface area contributed by atoms with Crippen LogP contribution in [0, 0.1) is 0 Å². The Labute approximate surface area is 93.9 Å². The first-order valence-electron chi connectivity index (χ1n) is 4.84. The van der Waals surface area contributed by atoms with Crippen molar-refractivity contribution in [3.8, 4) is 5.75 Å². The van der Waals surface area contributed by atoms with Gasteiger partial charge in [0.05, 0.1) is 32.0 Å². The molecule has 1 aromatic carbocycles. The molecule has 0 spiro atoms. The zero-order valence-corrected chi connectivity index (χ0v) is 9.29. The van der Waals surface area contributed by atoms with E-state index in [2.05, 4.69) is 0 Å². The van der Waals surface area contributed by atoms with Crippen LogP contribution in [0.4, 0.5) is 0 Å². The lowest BCUT2D eigenvalue weighted by Gasteiger charge is -2.24. The molecular weight excluding hydrogens is 216 g/mol. The molecule has 0 N–H and O–H groups in total. The SMILES string of the molecule is COc1cccc(C2COCCO2)c1Cl. The molecular formula is C11H13ClO3. The highest BCUT2D eigenvalue weighted by molar-refractivity contribution is 6.32. The van der Waals surface area contributed by atoms with E-state index in [4.69, 9.17) is 25.8 Å². The van der Waals surface area contributed by atoms with Gasteiger partial charge in [0, 0.05) is 5.56 Å². The second-order valence-electron chi connectivity index (χ2n) is 3.30. The predicted octanol–water partition coefficient (Wildman–Crippen LogP) is 2.44. The molecule has 0 aromatic heterocycles. The van der Waals surface area contributed by atoms with Crippen molar-refractivity contribution in [1.82, 2.24) is 0 Å². The number of rotatable bonds is 2. The van der Waals surface area contributed by atoms with Gasteiger partial charge in [-0.15, -0.1) is 0 Å². The molecule has 1 aliphatic heterocycles. The predicted molar refractivity (Wildman–Crippen MR) is 57.5 cm³/mol. The van der Waals surface area contributed by atoms with Gasteiger partial charge in [-0.1, -0.05) is 23.7 Å². The quantitative estimate of drug-likeness (QED) is 0.778. The van der Waals surface area contributed by atoms with Crippen molar-refractivity contribution in [2.24, 2.45) is 0 Å². The summed E-state index contributed by atoms with van der Waals surface area (Å²) in [6, 6.07) is 5.66. The van der Waals surface area contributed by atoms with Gasteiger partial charge in [0.25, 0.3) is 0 Å². The second-order valence-corrected chi connectivity index (χ2v) is 3.68. The minimum Gasteiger partial charge on any atom is -0.495 e. The number of methoxy groups -OCH3 is 1. The van der Waals surface area contributed by atoms with Gasteiger partial charge in [0.2, 0.25) is 0 Å². The van der Waals surface area contributed by atoms with E-state index in [1.165, 1.54) is 0 Å². The van der Waals surface area contributed by atoms with Crippen molar-refractivity contribution >= 4 is 11.6 Å². The Hall–Kier alpha value is -0.770. The van der Waals surface area contributed by atoms with Crippen LogP contribution in [0.3, 0.4) is 0 Å². The lowest BCUT2D eigenvalue weighted by molar-refractivity contribution is -0.0901. The highest BCUT2D eigenvalue weighted by atomic mass is 35.5. The largest absolute Gasteiger partial charge is 0.495 e. The van der Waals surface area contributed by atoms with Gasteiger partial charge in [-0.25, -0.2) is 0 Å². The van der Waals surface area contributed by atoms with Crippen molar-refractivity contribution in [2.75, 3.05) is 26.9 Å². The Bertz CT molecular complexity index is 335. The zero-order valence-electron chi connectivity index (χ0n) is 8.53. The van der Waals surface area contributed by atoms with Crippen LogP contribution in [0.25, 0.3) is 0 Å². The fourth-order valence-corrected chi connectivity index (χ4v) is 1.93. The maximum Gasteiger partial charge on any atom is 0.137 e. The van der Waals surface area contributed by atoms with Crippen molar-refractivity contribution in [3.05, 3.63) is 28.8 Å². The van der Waals surface area contributed by atoms with E-state index in [0.29, 0.717) is 30.6 Å². The van der Waals surface area contributed by atoms with Crippen LogP contribution >= 0.6 is 11.6 Å². The fourth-order valence-electron chi connectivity index (χ4n) is 1.60. The summed E-state index contributed by atoms with van der Waals surface area (Å²) in [5.74, 6) is 0.670. The Kier molecular flexibility index (Phi) is 3.46. The average molecular weight is 229 g/mol. The maximum absolute atomic E-state index is 6.18. The number of hydrogen-bond acceptors (Lipinski definition) is 3. The van der Waals surface area contributed by atoms with E-state index in [9.17, 15) is 0 Å². The first-order chi connectivity index (χ1) is 7.33. The first kappa shape index (κ1) is 10.7. The van der Waals surface area contributed by atoms with Crippen LogP contribution in [-0.4, -0.2) is 26.9 Å². The number of halogens is 1. The summed E-state index contributed by atoms with van der Waals surface area (Å²) in [6.45, 7) is 1.81. The average Bonchev–Trinajstić information content (AvgIpc) is 2.30. The molecule has 15 heavy (non-hydrogen) atoms. The molecule has 0 aliphatic carbocycles. The Morgan fingerprint density at radius 3 is 2.93 bits per heavy atom. The highest BCUT2D eigenvalue weighted by Crippen LogP contribution is 2.34. The van der Waals surface area contributed by atoms with Crippen LogP contribution < -0.4 is 4.74 Å². The van der Waals surface area contributed by atoms with Gasteiger partial charge in [0.15, 0.2) is 0 Å². The summed E-state index contributed by atoms with van der Waals surface area (Å²) < 4.78 is 16.1. The molecule has 4 heteroatoms. The summed E-state index contributed by atoms with van der Waals surface area (Å²) in [5, 5.41) is 0.607. The van der Waals surface area contributed by atoms with Crippen molar-refractivity contribution < 1.29 is 14.2 Å². The monoisotopic (exact) mass is 228 g/mol. The molecule has 1 unspecified atom stereocenters. The summed E-state index contributed by atoms with van der Waals surface area (Å²) >= 11 is 6.18. The zero-order chi connectivity index (χ0) is 10.7. The molecule has 82 valence electrons. The molecule has 1 aliphatic rings. The summed E-state index contributed by atoms with van der Waals surface area (Å²) in [7, 11) is 1.60. The lowest BCUT2D eigenvalue weighted by atomic mass is 10.1. The molecule has 0 amide bonds. The van der Waals surface area contributed by atoms with Gasteiger partial charge in [0.1, 0.15) is 11.9 Å². The van der Waals surface area contributed by atoms with Gasteiger partial charge >= 0.3 is 0 Å². The highest BCUT2D eigenvalue weighted by Gasteiger charge is 2.20. The van der Waals surface area contributed by atoms with Crippen LogP contribution in [0.5, 0.6) is 5.75 Å². The molecule has 1 heterocycles. The minimum absolute atomic E-state index is 0.0821. The van der Waals surface area contributed by atoms with E-state index in [1.807, 2.05) is 18.2 Å². The van der Waals surface area contributed by atoms with Gasteiger partial charge in [-0.3, -0.25) is 0 Å². The van der Waals surface area contributed by atoms with Crippen LogP contribution in [-0.2, 0) is 9.47 Å². The lowest BCUT2D eigenvalue weighted by Crippen LogP contribution is -2.22. The Morgan fingerprint density at radius 2 is 2.27 bits per heavy atom. The summed E-state index contributed by atoms with van der Waals surface area (Å²) in [4.78, 5) is 0. The summed E-state index contributed by atoms with van der Waals surface area (Å²) in [5.41, 5.74) is 0.927. The van der Waals surface area contributed by atoms with E-state index < -0.39 is 0 Å². The normalized spacial score (nSPS) is 21.3. The van der Waals surface area contributed by atoms with E-state index in [0.717, 1.165) is 5.56 Å². The van der Waals surface area contributed by atoms with Crippen LogP contribution in [0.1, 0.15) is 11.7 Å². The molecule has 3 nitrogen and oxygen atoms in total. The molecule has 1 saturated heterocycles. The van der Waals surface area contributed by atoms with Crippen LogP contribution in [0.2, 0.25) is 5.02 Å². The standard InChI is InChI=1S/C11H13ClO3/c1-13-9-4-2-3-8(11(9)12)10-7-14-5-6-15-10/h2-4,10H,5-7H2,1H3. The van der Waals surface area contributed by atoms with Crippen LogP contribution in [0.15, 0.2) is 18.2 Å². The third-order valence-corrected chi connectivity index (χ3v) is 2.78. The molecule has 0 bridgehead atoms. The third-order valence-electron chi connectivity index (χ3n) is 2.38. The van der Waals surface area contributed by atoms with Gasteiger partial charge in [-0.05, 0) is 6.07 Å². The molecule has 0 radical (unpaired) electrons. The number of benzene rings is 1. The third kappa shape index (κ3) is 2.25. The number of hydrogen-bond donors (Lipinski definition) is 0. The number of ether oxygens (including phenoxy) is 3. The molecule has 1 fully saturated rings. The van der Waals surface area contributed by atoms with Crippen molar-refractivity contribution in [2.45, 2.75) is 6.10 Å². The van der Waals surface area contributed by atoms with E-state index in [-0.39, 0.29) is 6.10 Å². The van der Waals surface area contributed by atoms with Gasteiger partial charge < -0.3 is 14.2 Å². The Balaban J connectivity index is 2.26. The summed E-state index contributed by atoms with van der Waals surface area (Å²) in [6.07, 6.45) is -0.0821.